The zero-order valence-electron chi connectivity index (χ0n) is 14.7. The number of thiocarbonyl (C=S) groups is 1. The van der Waals surface area contributed by atoms with E-state index in [4.69, 9.17) is 12.2 Å². The van der Waals surface area contributed by atoms with Crippen molar-refractivity contribution in [2.24, 2.45) is 0 Å². The van der Waals surface area contributed by atoms with Gasteiger partial charge in [0.1, 0.15) is 17.1 Å². The summed E-state index contributed by atoms with van der Waals surface area (Å²) >= 11 is 8.32. The minimum Gasteiger partial charge on any atom is -0.406 e. The fraction of sp³-hybridized carbons (Fsp3) is 0.222. The van der Waals surface area contributed by atoms with Gasteiger partial charge in [-0.3, -0.25) is 4.79 Å². The van der Waals surface area contributed by atoms with Crippen molar-refractivity contribution in [2.75, 3.05) is 14.1 Å². The number of carbonyl (C=O) groups excluding carboxylic acids is 1. The van der Waals surface area contributed by atoms with E-state index in [9.17, 15) is 22.4 Å². The molecule has 1 unspecified atom stereocenters. The number of aldehydes is 1. The second kappa shape index (κ2) is 8.44. The second-order valence-electron chi connectivity index (χ2n) is 5.95. The summed E-state index contributed by atoms with van der Waals surface area (Å²) < 4.78 is 54.8. The summed E-state index contributed by atoms with van der Waals surface area (Å²) in [4.78, 5) is 13.8. The van der Waals surface area contributed by atoms with Crippen LogP contribution < -0.4 is 10.1 Å². The van der Waals surface area contributed by atoms with E-state index in [2.05, 4.69) is 26.0 Å². The highest BCUT2D eigenvalue weighted by atomic mass is 79.9. The van der Waals surface area contributed by atoms with Crippen molar-refractivity contribution < 1.29 is 27.1 Å². The van der Waals surface area contributed by atoms with E-state index in [1.54, 1.807) is 19.0 Å². The van der Waals surface area contributed by atoms with Gasteiger partial charge in [-0.05, 0) is 63.5 Å². The van der Waals surface area contributed by atoms with E-state index in [1.165, 1.54) is 30.3 Å². The van der Waals surface area contributed by atoms with Gasteiger partial charge >= 0.3 is 6.36 Å². The minimum atomic E-state index is -4.84. The van der Waals surface area contributed by atoms with Crippen molar-refractivity contribution in [3.05, 3.63) is 63.9 Å². The molecule has 1 N–H and O–H groups in total. The molecule has 10 heteroatoms. The Morgan fingerprint density at radius 1 is 1.14 bits per heavy atom. The molecule has 0 fully saturated rings. The van der Waals surface area contributed by atoms with Crippen LogP contribution in [0.2, 0.25) is 0 Å². The lowest BCUT2D eigenvalue weighted by molar-refractivity contribution is -0.274. The zero-order valence-corrected chi connectivity index (χ0v) is 17.1. The highest BCUT2D eigenvalue weighted by Gasteiger charge is 2.37. The summed E-state index contributed by atoms with van der Waals surface area (Å²) in [6, 6.07) is 8.73. The fourth-order valence-electron chi connectivity index (χ4n) is 2.42. The van der Waals surface area contributed by atoms with Gasteiger partial charge in [0.25, 0.3) is 0 Å². The van der Waals surface area contributed by atoms with Crippen molar-refractivity contribution in [3.63, 3.8) is 0 Å². The molecule has 0 saturated heterocycles. The van der Waals surface area contributed by atoms with Crippen LogP contribution >= 0.6 is 28.1 Å². The van der Waals surface area contributed by atoms with Gasteiger partial charge in [0.15, 0.2) is 11.4 Å². The van der Waals surface area contributed by atoms with Crippen LogP contribution in [0, 0.1) is 5.82 Å². The minimum absolute atomic E-state index is 0.117. The highest BCUT2D eigenvalue weighted by Crippen LogP contribution is 2.33. The first kappa shape index (κ1) is 22.1. The van der Waals surface area contributed by atoms with Gasteiger partial charge in [0.2, 0.25) is 0 Å². The molecule has 0 amide bonds. The number of ether oxygens (including phenoxy) is 1. The van der Waals surface area contributed by atoms with Gasteiger partial charge in [-0.25, -0.2) is 4.39 Å². The number of alkyl halides is 3. The standard InChI is InChI=1S/C18H15BrF4N2O2S/c1-25(2)16(28)24-17(10-26,12-5-8-15(20)14(19)9-12)11-3-6-13(7-4-11)27-18(21,22)23/h3-10H,1-2H3,(H,24,28). The van der Waals surface area contributed by atoms with Gasteiger partial charge in [0, 0.05) is 14.1 Å². The number of carbonyl (C=O) groups is 1. The number of rotatable bonds is 5. The molecule has 0 saturated carbocycles. The summed E-state index contributed by atoms with van der Waals surface area (Å²) in [6.45, 7) is 0. The van der Waals surface area contributed by atoms with Crippen LogP contribution in [0.4, 0.5) is 17.6 Å². The number of nitrogens with one attached hydrogen (secondary N) is 1. The Bertz CT molecular complexity index is 875. The summed E-state index contributed by atoms with van der Waals surface area (Å²) in [6.07, 6.45) is -4.28. The highest BCUT2D eigenvalue weighted by molar-refractivity contribution is 9.10. The average Bonchev–Trinajstić information content (AvgIpc) is 2.61. The van der Waals surface area contributed by atoms with Crippen LogP contribution in [0.25, 0.3) is 0 Å². The predicted molar refractivity (Wildman–Crippen MR) is 103 cm³/mol. The molecule has 0 aromatic heterocycles. The van der Waals surface area contributed by atoms with E-state index in [0.29, 0.717) is 17.4 Å². The normalized spacial score (nSPS) is 13.4. The van der Waals surface area contributed by atoms with Gasteiger partial charge in [-0.15, -0.1) is 13.2 Å². The predicted octanol–water partition coefficient (Wildman–Crippen LogP) is 4.37. The maximum Gasteiger partial charge on any atom is 0.573 e. The lowest BCUT2D eigenvalue weighted by atomic mass is 9.84. The molecule has 0 heterocycles. The topological polar surface area (TPSA) is 41.6 Å². The Kier molecular flexibility index (Phi) is 6.66. The Morgan fingerprint density at radius 2 is 1.71 bits per heavy atom. The summed E-state index contributed by atoms with van der Waals surface area (Å²) in [7, 11) is 3.32. The maximum absolute atomic E-state index is 13.7. The fourth-order valence-corrected chi connectivity index (χ4v) is 2.96. The van der Waals surface area contributed by atoms with Gasteiger partial charge < -0.3 is 15.0 Å². The van der Waals surface area contributed by atoms with E-state index in [1.807, 2.05) is 0 Å². The smallest absolute Gasteiger partial charge is 0.406 e. The summed E-state index contributed by atoms with van der Waals surface area (Å²) in [5, 5.41) is 3.11. The molecule has 2 aromatic rings. The van der Waals surface area contributed by atoms with E-state index in [-0.39, 0.29) is 9.59 Å². The average molecular weight is 479 g/mol. The van der Waals surface area contributed by atoms with E-state index < -0.39 is 23.5 Å². The first-order valence-corrected chi connectivity index (χ1v) is 8.96. The number of benzene rings is 2. The van der Waals surface area contributed by atoms with Crippen LogP contribution in [0.5, 0.6) is 5.75 Å². The van der Waals surface area contributed by atoms with E-state index >= 15 is 0 Å². The molecule has 150 valence electrons. The maximum atomic E-state index is 13.7. The largest absolute Gasteiger partial charge is 0.573 e. The van der Waals surface area contributed by atoms with Crippen molar-refractivity contribution in [2.45, 2.75) is 11.9 Å². The SMILES string of the molecule is CN(C)C(=S)NC(C=O)(c1ccc(OC(F)(F)F)cc1)c1ccc(F)c(Br)c1. The van der Waals surface area contributed by atoms with Gasteiger partial charge in [-0.1, -0.05) is 18.2 Å². The van der Waals surface area contributed by atoms with Crippen molar-refractivity contribution in [1.82, 2.24) is 10.2 Å². The monoisotopic (exact) mass is 478 g/mol. The van der Waals surface area contributed by atoms with Crippen LogP contribution in [-0.2, 0) is 10.3 Å². The lowest BCUT2D eigenvalue weighted by Gasteiger charge is -2.33. The molecule has 28 heavy (non-hydrogen) atoms. The number of nitrogens with zero attached hydrogens (tertiary/aromatic N) is 1. The Labute approximate surface area is 172 Å². The van der Waals surface area contributed by atoms with Crippen LogP contribution in [0.3, 0.4) is 0 Å². The van der Waals surface area contributed by atoms with Gasteiger partial charge in [0.05, 0.1) is 4.47 Å². The zero-order chi connectivity index (χ0) is 21.1. The molecule has 1 atom stereocenters. The molecule has 0 aliphatic heterocycles. The number of halogens is 5. The van der Waals surface area contributed by atoms with Crippen molar-refractivity contribution in [1.29, 1.82) is 0 Å². The molecular weight excluding hydrogens is 464 g/mol. The van der Waals surface area contributed by atoms with E-state index in [0.717, 1.165) is 12.1 Å². The molecule has 0 aliphatic rings. The first-order chi connectivity index (χ1) is 13.0. The Balaban J connectivity index is 2.58. The van der Waals surface area contributed by atoms with Crippen LogP contribution in [-0.4, -0.2) is 36.8 Å². The number of hydrogen-bond acceptors (Lipinski definition) is 3. The molecule has 2 aromatic carbocycles. The van der Waals surface area contributed by atoms with Crippen LogP contribution in [0.1, 0.15) is 11.1 Å². The molecule has 0 radical (unpaired) electrons. The molecule has 4 nitrogen and oxygen atoms in total. The Hall–Kier alpha value is -2.20. The molecule has 0 bridgehead atoms. The molecule has 0 spiro atoms. The molecule has 0 aliphatic carbocycles. The molecule has 2 rings (SSSR count). The second-order valence-corrected chi connectivity index (χ2v) is 7.19. The molecular formula is C18H15BrF4N2O2S. The van der Waals surface area contributed by atoms with Gasteiger partial charge in [-0.2, -0.15) is 0 Å². The summed E-state index contributed by atoms with van der Waals surface area (Å²) in [5.41, 5.74) is -0.932. The Morgan fingerprint density at radius 3 is 2.18 bits per heavy atom. The summed E-state index contributed by atoms with van der Waals surface area (Å²) in [5.74, 6) is -0.973. The number of hydrogen-bond donors (Lipinski definition) is 1. The van der Waals surface area contributed by atoms with Crippen LogP contribution in [0.15, 0.2) is 46.9 Å². The third-order valence-corrected chi connectivity index (χ3v) is 4.88. The third-order valence-electron chi connectivity index (χ3n) is 3.81. The quantitative estimate of drug-likeness (QED) is 0.392. The third kappa shape index (κ3) is 4.99. The first-order valence-electron chi connectivity index (χ1n) is 7.76. The van der Waals surface area contributed by atoms with Crippen molar-refractivity contribution >= 4 is 39.5 Å². The van der Waals surface area contributed by atoms with Crippen molar-refractivity contribution in [3.8, 4) is 5.75 Å². The lowest BCUT2D eigenvalue weighted by Crippen LogP contribution is -2.51.